The summed E-state index contributed by atoms with van der Waals surface area (Å²) in [4.78, 5) is 14.5. The minimum atomic E-state index is -0.171. The Balaban J connectivity index is 1.47. The molecule has 2 amide bonds. The van der Waals surface area contributed by atoms with Crippen LogP contribution in [0.3, 0.4) is 0 Å². The topological polar surface area (TPSA) is 53.6 Å². The van der Waals surface area contributed by atoms with Crippen molar-refractivity contribution in [2.75, 3.05) is 25.5 Å². The maximum Gasteiger partial charge on any atom is 0.319 e. The van der Waals surface area contributed by atoms with Gasteiger partial charge in [0.1, 0.15) is 5.75 Å². The number of benzene rings is 2. The summed E-state index contributed by atoms with van der Waals surface area (Å²) in [5, 5.41) is 5.91. The number of carbonyl (C=O) groups is 1. The van der Waals surface area contributed by atoms with Gasteiger partial charge in [-0.15, -0.1) is 0 Å². The van der Waals surface area contributed by atoms with Crippen molar-refractivity contribution < 1.29 is 9.53 Å². The van der Waals surface area contributed by atoms with Crippen LogP contribution in [0.15, 0.2) is 54.6 Å². The Morgan fingerprint density at radius 1 is 1.21 bits per heavy atom. The van der Waals surface area contributed by atoms with Crippen LogP contribution in [0, 0.1) is 0 Å². The van der Waals surface area contributed by atoms with Gasteiger partial charge in [-0.2, -0.15) is 0 Å². The maximum atomic E-state index is 12.2. The molecule has 1 heterocycles. The van der Waals surface area contributed by atoms with Crippen LogP contribution in [0.25, 0.3) is 0 Å². The highest BCUT2D eigenvalue weighted by Crippen LogP contribution is 2.17. The van der Waals surface area contributed by atoms with Gasteiger partial charge in [0.05, 0.1) is 7.11 Å². The number of urea groups is 1. The van der Waals surface area contributed by atoms with E-state index in [1.165, 1.54) is 5.56 Å². The number of anilines is 1. The number of nitrogens with zero attached hydrogens (tertiary/aromatic N) is 1. The van der Waals surface area contributed by atoms with Crippen molar-refractivity contribution in [3.8, 4) is 5.75 Å². The number of carbonyl (C=O) groups excluding carboxylic acids is 1. The third kappa shape index (κ3) is 4.49. The lowest BCUT2D eigenvalue weighted by Gasteiger charge is -2.17. The summed E-state index contributed by atoms with van der Waals surface area (Å²) in [6.07, 6.45) is 0.971. The number of likely N-dealkylation sites (tertiary alicyclic amines) is 1. The number of ether oxygens (including phenoxy) is 1. The monoisotopic (exact) mass is 325 g/mol. The van der Waals surface area contributed by atoms with E-state index in [0.29, 0.717) is 0 Å². The summed E-state index contributed by atoms with van der Waals surface area (Å²) < 4.78 is 5.16. The maximum absolute atomic E-state index is 12.2. The Labute approximate surface area is 142 Å². The Morgan fingerprint density at radius 2 is 2.04 bits per heavy atom. The first-order chi connectivity index (χ1) is 11.7. The number of hydrogen-bond acceptors (Lipinski definition) is 3. The molecule has 0 radical (unpaired) electrons. The van der Waals surface area contributed by atoms with E-state index in [2.05, 4.69) is 39.8 Å². The smallest absolute Gasteiger partial charge is 0.319 e. The summed E-state index contributed by atoms with van der Waals surface area (Å²) in [7, 11) is 1.61. The minimum Gasteiger partial charge on any atom is -0.497 e. The van der Waals surface area contributed by atoms with Crippen LogP contribution in [-0.2, 0) is 6.54 Å². The van der Waals surface area contributed by atoms with Crippen LogP contribution >= 0.6 is 0 Å². The Morgan fingerprint density at radius 3 is 2.83 bits per heavy atom. The van der Waals surface area contributed by atoms with Crippen LogP contribution in [0.1, 0.15) is 12.0 Å². The quantitative estimate of drug-likeness (QED) is 0.888. The van der Waals surface area contributed by atoms with Gasteiger partial charge in [-0.25, -0.2) is 4.79 Å². The second kappa shape index (κ2) is 7.84. The molecular weight excluding hydrogens is 302 g/mol. The van der Waals surface area contributed by atoms with Crippen LogP contribution in [-0.4, -0.2) is 37.2 Å². The third-order valence-corrected chi connectivity index (χ3v) is 4.18. The number of hydrogen-bond donors (Lipinski definition) is 2. The van der Waals surface area contributed by atoms with Gasteiger partial charge < -0.3 is 15.4 Å². The minimum absolute atomic E-state index is 0.171. The molecule has 2 N–H and O–H groups in total. The molecule has 126 valence electrons. The molecule has 0 aliphatic carbocycles. The lowest BCUT2D eigenvalue weighted by molar-refractivity contribution is 0.247. The molecule has 1 fully saturated rings. The SMILES string of the molecule is COc1cccc(NC(=O)N[C@H]2CCN(Cc3ccccc3)C2)c1. The molecule has 3 rings (SSSR count). The molecule has 0 spiro atoms. The van der Waals surface area contributed by atoms with Crippen molar-refractivity contribution in [2.45, 2.75) is 19.0 Å². The number of amides is 2. The molecule has 0 saturated carbocycles. The van der Waals surface area contributed by atoms with Crippen LogP contribution in [0.5, 0.6) is 5.75 Å². The largest absolute Gasteiger partial charge is 0.497 e. The summed E-state index contributed by atoms with van der Waals surface area (Å²) in [5.74, 6) is 0.725. The third-order valence-electron chi connectivity index (χ3n) is 4.18. The van der Waals surface area contributed by atoms with Crippen molar-refractivity contribution in [1.82, 2.24) is 10.2 Å². The molecule has 1 aliphatic heterocycles. The zero-order chi connectivity index (χ0) is 16.8. The first-order valence-electron chi connectivity index (χ1n) is 8.21. The lowest BCUT2D eigenvalue weighted by Crippen LogP contribution is -2.39. The van der Waals surface area contributed by atoms with Crippen molar-refractivity contribution in [2.24, 2.45) is 0 Å². The molecule has 1 saturated heterocycles. The van der Waals surface area contributed by atoms with E-state index >= 15 is 0 Å². The average Bonchev–Trinajstić information content (AvgIpc) is 3.02. The molecule has 5 nitrogen and oxygen atoms in total. The Bertz CT molecular complexity index is 675. The van der Waals surface area contributed by atoms with Crippen molar-refractivity contribution in [3.05, 3.63) is 60.2 Å². The molecular formula is C19H23N3O2. The molecule has 2 aromatic carbocycles. The van der Waals surface area contributed by atoms with E-state index in [-0.39, 0.29) is 12.1 Å². The predicted octanol–water partition coefficient (Wildman–Crippen LogP) is 3.09. The number of nitrogens with one attached hydrogen (secondary N) is 2. The fourth-order valence-corrected chi connectivity index (χ4v) is 2.99. The van der Waals surface area contributed by atoms with E-state index in [1.54, 1.807) is 13.2 Å². The average molecular weight is 325 g/mol. The zero-order valence-corrected chi connectivity index (χ0v) is 13.9. The van der Waals surface area contributed by atoms with E-state index in [4.69, 9.17) is 4.74 Å². The van der Waals surface area contributed by atoms with Crippen LogP contribution in [0.2, 0.25) is 0 Å². The standard InChI is InChI=1S/C19H23N3O2/c1-24-18-9-5-8-16(12-18)20-19(23)21-17-10-11-22(14-17)13-15-6-3-2-4-7-15/h2-9,12,17H,10-11,13-14H2,1H3,(H2,20,21,23)/t17-/m0/s1. The van der Waals surface area contributed by atoms with Gasteiger partial charge in [0, 0.05) is 37.4 Å². The second-order valence-electron chi connectivity index (χ2n) is 6.04. The Hall–Kier alpha value is -2.53. The summed E-state index contributed by atoms with van der Waals surface area (Å²) in [6.45, 7) is 2.80. The van der Waals surface area contributed by atoms with E-state index < -0.39 is 0 Å². The van der Waals surface area contributed by atoms with Crippen molar-refractivity contribution in [3.63, 3.8) is 0 Å². The van der Waals surface area contributed by atoms with Gasteiger partial charge in [0.25, 0.3) is 0 Å². The van der Waals surface area contributed by atoms with Gasteiger partial charge in [-0.05, 0) is 24.1 Å². The van der Waals surface area contributed by atoms with Gasteiger partial charge in [0.15, 0.2) is 0 Å². The molecule has 1 atom stereocenters. The van der Waals surface area contributed by atoms with Crippen LogP contribution < -0.4 is 15.4 Å². The predicted molar refractivity (Wildman–Crippen MR) is 95.3 cm³/mol. The first-order valence-corrected chi connectivity index (χ1v) is 8.21. The first kappa shape index (κ1) is 16.3. The highest BCUT2D eigenvalue weighted by molar-refractivity contribution is 5.89. The molecule has 0 unspecified atom stereocenters. The molecule has 0 aromatic heterocycles. The summed E-state index contributed by atoms with van der Waals surface area (Å²) in [6, 6.07) is 17.8. The lowest BCUT2D eigenvalue weighted by atomic mass is 10.2. The number of methoxy groups -OCH3 is 1. The molecule has 24 heavy (non-hydrogen) atoms. The Kier molecular flexibility index (Phi) is 5.33. The van der Waals surface area contributed by atoms with Crippen molar-refractivity contribution in [1.29, 1.82) is 0 Å². The summed E-state index contributed by atoms with van der Waals surface area (Å²) >= 11 is 0. The molecule has 2 aromatic rings. The summed E-state index contributed by atoms with van der Waals surface area (Å²) in [5.41, 5.74) is 2.03. The van der Waals surface area contributed by atoms with E-state index in [1.807, 2.05) is 24.3 Å². The van der Waals surface area contributed by atoms with Gasteiger partial charge >= 0.3 is 6.03 Å². The fourth-order valence-electron chi connectivity index (χ4n) is 2.99. The highest BCUT2D eigenvalue weighted by atomic mass is 16.5. The van der Waals surface area contributed by atoms with Crippen molar-refractivity contribution >= 4 is 11.7 Å². The van der Waals surface area contributed by atoms with E-state index in [9.17, 15) is 4.79 Å². The van der Waals surface area contributed by atoms with Gasteiger partial charge in [0.2, 0.25) is 0 Å². The molecule has 5 heteroatoms. The normalized spacial score (nSPS) is 17.5. The van der Waals surface area contributed by atoms with Crippen LogP contribution in [0.4, 0.5) is 10.5 Å². The fraction of sp³-hybridized carbons (Fsp3) is 0.316. The highest BCUT2D eigenvalue weighted by Gasteiger charge is 2.23. The van der Waals surface area contributed by atoms with Gasteiger partial charge in [-0.1, -0.05) is 36.4 Å². The van der Waals surface area contributed by atoms with E-state index in [0.717, 1.165) is 37.5 Å². The zero-order valence-electron chi connectivity index (χ0n) is 13.9. The molecule has 1 aliphatic rings. The number of rotatable bonds is 5. The van der Waals surface area contributed by atoms with Gasteiger partial charge in [-0.3, -0.25) is 4.90 Å². The second-order valence-corrected chi connectivity index (χ2v) is 6.04. The molecule has 0 bridgehead atoms.